The summed E-state index contributed by atoms with van der Waals surface area (Å²) >= 11 is 0. The van der Waals surface area contributed by atoms with E-state index in [-0.39, 0.29) is 18.1 Å². The molecule has 1 aliphatic rings. The fraction of sp³-hybridized carbons (Fsp3) is 0.786. The van der Waals surface area contributed by atoms with E-state index in [1.165, 1.54) is 0 Å². The summed E-state index contributed by atoms with van der Waals surface area (Å²) in [7, 11) is 0. The number of carbonyl (C=O) groups excluding carboxylic acids is 1. The maximum absolute atomic E-state index is 12.1. The largest absolute Gasteiger partial charge is 0.449 e. The molecule has 0 N–H and O–H groups in total. The number of nitrogens with zero attached hydrogens (tertiary/aromatic N) is 3. The van der Waals surface area contributed by atoms with E-state index in [1.807, 2.05) is 13.8 Å². The lowest BCUT2D eigenvalue weighted by Gasteiger charge is -2.21. The highest BCUT2D eigenvalue weighted by atomic mass is 16.6. The van der Waals surface area contributed by atoms with E-state index in [0.717, 1.165) is 25.7 Å². The number of unbranched alkanes of at least 4 members (excludes halogenated alkanes) is 1. The summed E-state index contributed by atoms with van der Waals surface area (Å²) in [5.41, 5.74) is 0. The lowest BCUT2D eigenvalue weighted by atomic mass is 10.2. The summed E-state index contributed by atoms with van der Waals surface area (Å²) in [4.78, 5) is 18.2. The Balaban J connectivity index is 2.00. The Labute approximate surface area is 119 Å². The molecule has 0 aromatic carbocycles. The van der Waals surface area contributed by atoms with Gasteiger partial charge in [-0.3, -0.25) is 4.90 Å². The molecule has 0 radical (unpaired) electrons. The third-order valence-electron chi connectivity index (χ3n) is 3.47. The van der Waals surface area contributed by atoms with Crippen LogP contribution >= 0.6 is 0 Å². The Morgan fingerprint density at radius 3 is 3.00 bits per heavy atom. The van der Waals surface area contributed by atoms with Gasteiger partial charge in [-0.25, -0.2) is 4.79 Å². The van der Waals surface area contributed by atoms with Crippen molar-refractivity contribution in [2.45, 2.75) is 58.4 Å². The van der Waals surface area contributed by atoms with Crippen LogP contribution in [0.25, 0.3) is 0 Å². The second-order valence-electron chi connectivity index (χ2n) is 5.46. The molecule has 0 saturated carbocycles. The zero-order valence-corrected chi connectivity index (χ0v) is 12.5. The molecule has 6 nitrogen and oxygen atoms in total. The van der Waals surface area contributed by atoms with Crippen molar-refractivity contribution in [3.63, 3.8) is 0 Å². The van der Waals surface area contributed by atoms with E-state index in [4.69, 9.17) is 9.26 Å². The van der Waals surface area contributed by atoms with Gasteiger partial charge in [0.2, 0.25) is 5.89 Å². The molecule has 1 aliphatic heterocycles. The number of carbonyl (C=O) groups is 1. The van der Waals surface area contributed by atoms with Crippen molar-refractivity contribution in [1.82, 2.24) is 15.0 Å². The van der Waals surface area contributed by atoms with Gasteiger partial charge in [-0.05, 0) is 19.3 Å². The minimum absolute atomic E-state index is 0.135. The first-order chi connectivity index (χ1) is 9.63. The molecule has 1 saturated heterocycles. The molecule has 6 heteroatoms. The van der Waals surface area contributed by atoms with Gasteiger partial charge >= 0.3 is 6.09 Å². The van der Waals surface area contributed by atoms with Crippen LogP contribution in [0, 0.1) is 0 Å². The summed E-state index contributed by atoms with van der Waals surface area (Å²) in [6.45, 7) is 7.26. The molecule has 1 atom stereocenters. The predicted octanol–water partition coefficient (Wildman–Crippen LogP) is 3.27. The van der Waals surface area contributed by atoms with Gasteiger partial charge in [0.25, 0.3) is 0 Å². The maximum atomic E-state index is 12.1. The number of aromatic nitrogens is 2. The maximum Gasteiger partial charge on any atom is 0.410 e. The van der Waals surface area contributed by atoms with Crippen LogP contribution in [0.1, 0.15) is 70.1 Å². The Morgan fingerprint density at radius 1 is 1.55 bits per heavy atom. The number of hydrogen-bond donors (Lipinski definition) is 0. The van der Waals surface area contributed by atoms with Gasteiger partial charge in [0.15, 0.2) is 5.82 Å². The zero-order valence-electron chi connectivity index (χ0n) is 12.5. The van der Waals surface area contributed by atoms with E-state index >= 15 is 0 Å². The van der Waals surface area contributed by atoms with E-state index in [0.29, 0.717) is 24.9 Å². The second kappa shape index (κ2) is 6.72. The first-order valence-electron chi connectivity index (χ1n) is 7.40. The van der Waals surface area contributed by atoms with Gasteiger partial charge in [0.05, 0.1) is 6.61 Å². The van der Waals surface area contributed by atoms with E-state index in [9.17, 15) is 4.79 Å². The van der Waals surface area contributed by atoms with Crippen molar-refractivity contribution in [2.24, 2.45) is 0 Å². The molecule has 0 bridgehead atoms. The molecular formula is C14H23N3O3. The van der Waals surface area contributed by atoms with Crippen LogP contribution < -0.4 is 0 Å². The standard InChI is InChI=1S/C14H23N3O3/c1-4-5-9-19-14(18)17-8-6-7-11(17)13-15-12(10(2)3)16-20-13/h10-11H,4-9H2,1-3H3/t11-/m1/s1. The molecule has 1 amide bonds. The molecule has 1 aromatic rings. The van der Waals surface area contributed by atoms with Crippen LogP contribution in [-0.4, -0.2) is 34.3 Å². The van der Waals surface area contributed by atoms with E-state index < -0.39 is 0 Å². The number of likely N-dealkylation sites (tertiary alicyclic amines) is 1. The van der Waals surface area contributed by atoms with Crippen LogP contribution in [0.4, 0.5) is 4.79 Å². The molecule has 0 unspecified atom stereocenters. The fourth-order valence-corrected chi connectivity index (χ4v) is 2.25. The SMILES string of the molecule is CCCCOC(=O)N1CCC[C@@H]1c1nc(C(C)C)no1. The Morgan fingerprint density at radius 2 is 2.35 bits per heavy atom. The molecule has 0 aliphatic carbocycles. The quantitative estimate of drug-likeness (QED) is 0.775. The molecule has 1 aromatic heterocycles. The number of ether oxygens (including phenoxy) is 1. The van der Waals surface area contributed by atoms with Crippen LogP contribution in [0.15, 0.2) is 4.52 Å². The first-order valence-corrected chi connectivity index (χ1v) is 7.40. The minimum Gasteiger partial charge on any atom is -0.449 e. The highest BCUT2D eigenvalue weighted by Gasteiger charge is 2.35. The van der Waals surface area contributed by atoms with Crippen molar-refractivity contribution in [2.75, 3.05) is 13.2 Å². The fourth-order valence-electron chi connectivity index (χ4n) is 2.25. The zero-order chi connectivity index (χ0) is 14.5. The highest BCUT2D eigenvalue weighted by Crippen LogP contribution is 2.31. The minimum atomic E-state index is -0.273. The van der Waals surface area contributed by atoms with Gasteiger partial charge in [0.1, 0.15) is 6.04 Å². The van der Waals surface area contributed by atoms with Crippen LogP contribution in [0.3, 0.4) is 0 Å². The number of hydrogen-bond acceptors (Lipinski definition) is 5. The number of amides is 1. The molecule has 1 fully saturated rings. The van der Waals surface area contributed by atoms with Crippen molar-refractivity contribution in [3.05, 3.63) is 11.7 Å². The summed E-state index contributed by atoms with van der Waals surface area (Å²) < 4.78 is 10.6. The van der Waals surface area contributed by atoms with Crippen molar-refractivity contribution >= 4 is 6.09 Å². The van der Waals surface area contributed by atoms with Crippen LogP contribution in [0.5, 0.6) is 0 Å². The Bertz CT molecular complexity index is 445. The Kier molecular flexibility index (Phi) is 4.98. The topological polar surface area (TPSA) is 68.5 Å². The van der Waals surface area contributed by atoms with Crippen molar-refractivity contribution < 1.29 is 14.1 Å². The molecule has 20 heavy (non-hydrogen) atoms. The third kappa shape index (κ3) is 3.29. The third-order valence-corrected chi connectivity index (χ3v) is 3.47. The molecular weight excluding hydrogens is 258 g/mol. The summed E-state index contributed by atoms with van der Waals surface area (Å²) in [6.07, 6.45) is 3.42. The highest BCUT2D eigenvalue weighted by molar-refractivity contribution is 5.68. The summed E-state index contributed by atoms with van der Waals surface area (Å²) in [5.74, 6) is 1.43. The van der Waals surface area contributed by atoms with Gasteiger partial charge in [0, 0.05) is 12.5 Å². The molecule has 2 rings (SSSR count). The van der Waals surface area contributed by atoms with Gasteiger partial charge < -0.3 is 9.26 Å². The van der Waals surface area contributed by atoms with E-state index in [1.54, 1.807) is 4.90 Å². The Hall–Kier alpha value is -1.59. The lowest BCUT2D eigenvalue weighted by molar-refractivity contribution is 0.0911. The first kappa shape index (κ1) is 14.8. The van der Waals surface area contributed by atoms with Crippen molar-refractivity contribution in [3.8, 4) is 0 Å². The van der Waals surface area contributed by atoms with E-state index in [2.05, 4.69) is 17.1 Å². The van der Waals surface area contributed by atoms with Crippen LogP contribution in [-0.2, 0) is 4.74 Å². The smallest absolute Gasteiger partial charge is 0.410 e. The molecule has 112 valence electrons. The molecule has 0 spiro atoms. The normalized spacial score (nSPS) is 18.8. The van der Waals surface area contributed by atoms with Gasteiger partial charge in [-0.15, -0.1) is 0 Å². The predicted molar refractivity (Wildman–Crippen MR) is 73.3 cm³/mol. The summed E-state index contributed by atoms with van der Waals surface area (Å²) in [5, 5.41) is 3.96. The average Bonchev–Trinajstić information content (AvgIpc) is 3.07. The monoisotopic (exact) mass is 281 g/mol. The number of rotatable bonds is 5. The van der Waals surface area contributed by atoms with Crippen LogP contribution in [0.2, 0.25) is 0 Å². The lowest BCUT2D eigenvalue weighted by Crippen LogP contribution is -2.31. The molecule has 2 heterocycles. The average molecular weight is 281 g/mol. The second-order valence-corrected chi connectivity index (χ2v) is 5.46. The van der Waals surface area contributed by atoms with Crippen molar-refractivity contribution in [1.29, 1.82) is 0 Å². The summed E-state index contributed by atoms with van der Waals surface area (Å²) in [6, 6.07) is -0.135. The van der Waals surface area contributed by atoms with Gasteiger partial charge in [-0.1, -0.05) is 32.3 Å². The van der Waals surface area contributed by atoms with Gasteiger partial charge in [-0.2, -0.15) is 4.98 Å².